The lowest BCUT2D eigenvalue weighted by molar-refractivity contribution is 0.150. The second-order valence-electron chi connectivity index (χ2n) is 7.19. The van der Waals surface area contributed by atoms with Gasteiger partial charge in [-0.25, -0.2) is 0 Å². The number of rotatable bonds is 4. The highest BCUT2D eigenvalue weighted by Crippen LogP contribution is 2.50. The number of aliphatic imine (C=N–C) groups is 1. The van der Waals surface area contributed by atoms with Crippen molar-refractivity contribution in [2.45, 2.75) is 31.8 Å². The number of fused-ring (bicyclic) bond motifs is 2. The summed E-state index contributed by atoms with van der Waals surface area (Å²) < 4.78 is 17.1. The number of aromatic nitrogens is 2. The molecule has 3 aromatic rings. The maximum atomic E-state index is 6.06. The van der Waals surface area contributed by atoms with E-state index in [2.05, 4.69) is 26.6 Å². The second kappa shape index (κ2) is 6.80. The lowest BCUT2D eigenvalue weighted by Crippen LogP contribution is -2.26. The van der Waals surface area contributed by atoms with Crippen LogP contribution >= 0.6 is 0 Å². The molecule has 0 saturated carbocycles. The number of hydrogen-bond acceptors (Lipinski definition) is 8. The Bertz CT molecular complexity index is 1110. The minimum atomic E-state index is -0.258. The Hall–Kier alpha value is -3.55. The summed E-state index contributed by atoms with van der Waals surface area (Å²) in [4.78, 5) is 4.38. The number of nitrogens with one attached hydrogen (secondary N) is 1. The van der Waals surface area contributed by atoms with Crippen LogP contribution in [0.2, 0.25) is 0 Å². The number of hydrogen-bond donors (Lipinski definition) is 2. The lowest BCUT2D eigenvalue weighted by Gasteiger charge is -2.30. The number of methoxy groups -OCH3 is 1. The molecule has 0 saturated heterocycles. The largest absolute Gasteiger partial charge is 0.496 e. The van der Waals surface area contributed by atoms with E-state index in [0.29, 0.717) is 11.9 Å². The molecule has 2 aromatic carbocycles. The van der Waals surface area contributed by atoms with Crippen LogP contribution in [0, 0.1) is 6.92 Å². The van der Waals surface area contributed by atoms with Crippen molar-refractivity contribution in [1.82, 2.24) is 10.2 Å². The Labute approximate surface area is 167 Å². The standard InChI is InChI=1S/C21H21N5O3/c1-11-25-26-21(28-11)23-13-7-9-16-15(10-13)19(29-20(22)24-16)14-8-6-12-4-3-5-17(27-2)18(12)14/h3-5,7,9-10,14,19H,6,8H2,1-2H3,(H2,22,24)(H,23,26). The highest BCUT2D eigenvalue weighted by molar-refractivity contribution is 5.79. The Balaban J connectivity index is 1.54. The zero-order valence-electron chi connectivity index (χ0n) is 16.2. The van der Waals surface area contributed by atoms with Crippen molar-refractivity contribution in [2.75, 3.05) is 12.4 Å². The summed E-state index contributed by atoms with van der Waals surface area (Å²) >= 11 is 0. The fraction of sp³-hybridized carbons (Fsp3) is 0.286. The van der Waals surface area contributed by atoms with Gasteiger partial charge < -0.3 is 24.9 Å². The summed E-state index contributed by atoms with van der Waals surface area (Å²) in [6.45, 7) is 1.75. The van der Waals surface area contributed by atoms with Crippen LogP contribution in [0.4, 0.5) is 17.4 Å². The first-order valence-electron chi connectivity index (χ1n) is 9.50. The summed E-state index contributed by atoms with van der Waals surface area (Å²) in [5.41, 5.74) is 11.1. The van der Waals surface area contributed by atoms with Crippen molar-refractivity contribution in [1.29, 1.82) is 0 Å². The molecular weight excluding hydrogens is 370 g/mol. The molecule has 1 aliphatic carbocycles. The third-order valence-corrected chi connectivity index (χ3v) is 5.43. The average Bonchev–Trinajstić information content (AvgIpc) is 3.33. The normalized spacial score (nSPS) is 19.7. The topological polar surface area (TPSA) is 108 Å². The van der Waals surface area contributed by atoms with Gasteiger partial charge in [0.25, 0.3) is 6.02 Å². The molecule has 2 unspecified atom stereocenters. The summed E-state index contributed by atoms with van der Waals surface area (Å²) in [6, 6.07) is 12.5. The van der Waals surface area contributed by atoms with Crippen LogP contribution in [0.15, 0.2) is 45.8 Å². The van der Waals surface area contributed by atoms with Gasteiger partial charge in [-0.2, -0.15) is 4.99 Å². The number of benzene rings is 2. The van der Waals surface area contributed by atoms with Gasteiger partial charge >= 0.3 is 6.01 Å². The molecule has 3 N–H and O–H groups in total. The number of amidine groups is 1. The van der Waals surface area contributed by atoms with Crippen LogP contribution in [0.25, 0.3) is 0 Å². The van der Waals surface area contributed by atoms with E-state index in [1.807, 2.05) is 30.3 Å². The van der Waals surface area contributed by atoms with Gasteiger partial charge in [-0.3, -0.25) is 0 Å². The smallest absolute Gasteiger partial charge is 0.320 e. The van der Waals surface area contributed by atoms with E-state index in [9.17, 15) is 0 Å². The maximum absolute atomic E-state index is 6.06. The SMILES string of the molecule is COc1cccc2c1C(C1OC(N)=Nc3ccc(Nc4nnc(C)o4)cc31)CC2. The van der Waals surface area contributed by atoms with Crippen molar-refractivity contribution in [3.05, 3.63) is 59.0 Å². The van der Waals surface area contributed by atoms with Crippen molar-refractivity contribution in [3.8, 4) is 5.75 Å². The maximum Gasteiger partial charge on any atom is 0.320 e. The van der Waals surface area contributed by atoms with E-state index >= 15 is 0 Å². The third-order valence-electron chi connectivity index (χ3n) is 5.43. The quantitative estimate of drug-likeness (QED) is 0.695. The fourth-order valence-electron chi connectivity index (χ4n) is 4.23. The third kappa shape index (κ3) is 3.06. The molecule has 8 heteroatoms. The Morgan fingerprint density at radius 2 is 2.10 bits per heavy atom. The summed E-state index contributed by atoms with van der Waals surface area (Å²) in [5, 5.41) is 11.0. The van der Waals surface area contributed by atoms with Crippen LogP contribution in [0.1, 0.15) is 41.0 Å². The number of ether oxygens (including phenoxy) is 2. The molecule has 1 aliphatic heterocycles. The van der Waals surface area contributed by atoms with E-state index in [1.165, 1.54) is 11.1 Å². The van der Waals surface area contributed by atoms with E-state index in [1.54, 1.807) is 14.0 Å². The van der Waals surface area contributed by atoms with Crippen LogP contribution in [-0.2, 0) is 11.2 Å². The van der Waals surface area contributed by atoms with Gasteiger partial charge in [0.15, 0.2) is 0 Å². The number of anilines is 2. The molecule has 2 atom stereocenters. The summed E-state index contributed by atoms with van der Waals surface area (Å²) in [7, 11) is 1.70. The summed E-state index contributed by atoms with van der Waals surface area (Å²) in [5.74, 6) is 1.50. The van der Waals surface area contributed by atoms with Gasteiger partial charge in [-0.1, -0.05) is 17.2 Å². The first-order chi connectivity index (χ1) is 14.1. The molecule has 1 aromatic heterocycles. The lowest BCUT2D eigenvalue weighted by atomic mass is 9.88. The molecule has 2 heterocycles. The molecule has 0 spiro atoms. The highest BCUT2D eigenvalue weighted by atomic mass is 16.5. The molecule has 2 aliphatic rings. The van der Waals surface area contributed by atoms with Gasteiger partial charge in [-0.05, 0) is 42.7 Å². The number of aryl methyl sites for hydroxylation is 2. The van der Waals surface area contributed by atoms with Crippen molar-refractivity contribution >= 4 is 23.4 Å². The molecule has 5 rings (SSSR count). The first-order valence-corrected chi connectivity index (χ1v) is 9.50. The fourth-order valence-corrected chi connectivity index (χ4v) is 4.23. The number of nitrogens with zero attached hydrogens (tertiary/aromatic N) is 3. The molecule has 0 bridgehead atoms. The zero-order valence-corrected chi connectivity index (χ0v) is 16.2. The van der Waals surface area contributed by atoms with Crippen LogP contribution < -0.4 is 15.8 Å². The Morgan fingerprint density at radius 1 is 1.21 bits per heavy atom. The van der Waals surface area contributed by atoms with Crippen LogP contribution in [-0.4, -0.2) is 23.3 Å². The van der Waals surface area contributed by atoms with Crippen molar-refractivity contribution < 1.29 is 13.9 Å². The van der Waals surface area contributed by atoms with Crippen molar-refractivity contribution in [2.24, 2.45) is 10.7 Å². The molecule has 148 valence electrons. The van der Waals surface area contributed by atoms with Crippen LogP contribution in [0.5, 0.6) is 5.75 Å². The molecule has 0 fully saturated rings. The van der Waals surface area contributed by atoms with Gasteiger partial charge in [-0.15, -0.1) is 5.10 Å². The van der Waals surface area contributed by atoms with E-state index in [-0.39, 0.29) is 18.0 Å². The minimum Gasteiger partial charge on any atom is -0.496 e. The first kappa shape index (κ1) is 17.5. The van der Waals surface area contributed by atoms with Gasteiger partial charge in [0.2, 0.25) is 5.89 Å². The van der Waals surface area contributed by atoms with E-state index in [4.69, 9.17) is 19.6 Å². The predicted molar refractivity (Wildman–Crippen MR) is 108 cm³/mol. The van der Waals surface area contributed by atoms with Crippen molar-refractivity contribution in [3.63, 3.8) is 0 Å². The van der Waals surface area contributed by atoms with E-state index in [0.717, 1.165) is 35.5 Å². The predicted octanol–water partition coefficient (Wildman–Crippen LogP) is 3.88. The number of nitrogens with two attached hydrogens (primary N) is 1. The van der Waals surface area contributed by atoms with Crippen LogP contribution in [0.3, 0.4) is 0 Å². The van der Waals surface area contributed by atoms with Gasteiger partial charge in [0.05, 0.1) is 12.8 Å². The molecule has 0 radical (unpaired) electrons. The zero-order chi connectivity index (χ0) is 20.0. The van der Waals surface area contributed by atoms with E-state index < -0.39 is 0 Å². The Kier molecular flexibility index (Phi) is 4.12. The monoisotopic (exact) mass is 391 g/mol. The molecule has 29 heavy (non-hydrogen) atoms. The average molecular weight is 391 g/mol. The Morgan fingerprint density at radius 3 is 2.90 bits per heavy atom. The minimum absolute atomic E-state index is 0.120. The molecular formula is C21H21N5O3. The second-order valence-corrected chi connectivity index (χ2v) is 7.19. The van der Waals surface area contributed by atoms with Gasteiger partial charge in [0.1, 0.15) is 11.9 Å². The molecule has 8 nitrogen and oxygen atoms in total. The van der Waals surface area contributed by atoms with Gasteiger partial charge in [0, 0.05) is 29.7 Å². The highest BCUT2D eigenvalue weighted by Gasteiger charge is 2.38. The summed E-state index contributed by atoms with van der Waals surface area (Å²) in [6.07, 6.45) is 1.67. The molecule has 0 amide bonds.